The fraction of sp³-hybridized carbons (Fsp3) is 0.562. The SMILES string of the molecule is COC(=O)CC(C)(CCC(C)C)C(=O)OC1=C2c3cc4c(cc3CCN3CC(C(=O)OC)=C(C(=O)OC)C23CC1)OCO4. The van der Waals surface area contributed by atoms with Crippen LogP contribution < -0.4 is 9.47 Å². The summed E-state index contributed by atoms with van der Waals surface area (Å²) in [5, 5.41) is 0. The first-order valence-corrected chi connectivity index (χ1v) is 14.6. The van der Waals surface area contributed by atoms with Crippen molar-refractivity contribution in [2.24, 2.45) is 11.3 Å². The molecule has 43 heavy (non-hydrogen) atoms. The maximum absolute atomic E-state index is 14.0. The largest absolute Gasteiger partial charge is 0.469 e. The number of hydrogen-bond acceptors (Lipinski definition) is 11. The molecule has 1 aromatic rings. The maximum Gasteiger partial charge on any atom is 0.336 e. The number of benzene rings is 1. The van der Waals surface area contributed by atoms with Gasteiger partial charge in [-0.25, -0.2) is 9.59 Å². The zero-order chi connectivity index (χ0) is 31.1. The molecule has 4 aliphatic rings. The van der Waals surface area contributed by atoms with Crippen molar-refractivity contribution in [1.82, 2.24) is 4.90 Å². The smallest absolute Gasteiger partial charge is 0.336 e. The molecule has 3 heterocycles. The number of ether oxygens (including phenoxy) is 6. The van der Waals surface area contributed by atoms with Gasteiger partial charge in [-0.3, -0.25) is 14.5 Å². The Labute approximate surface area is 251 Å². The third-order valence-corrected chi connectivity index (χ3v) is 9.09. The van der Waals surface area contributed by atoms with E-state index >= 15 is 0 Å². The van der Waals surface area contributed by atoms with Crippen LogP contribution in [0.4, 0.5) is 0 Å². The minimum absolute atomic E-state index is 0.0813. The number of nitrogens with zero attached hydrogens (tertiary/aromatic N) is 1. The summed E-state index contributed by atoms with van der Waals surface area (Å²) in [7, 11) is 3.85. The van der Waals surface area contributed by atoms with Gasteiger partial charge in [0, 0.05) is 25.1 Å². The molecule has 0 N–H and O–H groups in total. The first-order valence-electron chi connectivity index (χ1n) is 14.6. The molecule has 1 aromatic carbocycles. The van der Waals surface area contributed by atoms with Crippen LogP contribution in [0.3, 0.4) is 0 Å². The lowest BCUT2D eigenvalue weighted by atomic mass is 9.79. The van der Waals surface area contributed by atoms with Gasteiger partial charge in [0.15, 0.2) is 11.5 Å². The van der Waals surface area contributed by atoms with E-state index in [0.717, 1.165) is 11.1 Å². The minimum Gasteiger partial charge on any atom is -0.469 e. The van der Waals surface area contributed by atoms with E-state index < -0.39 is 34.8 Å². The van der Waals surface area contributed by atoms with E-state index in [9.17, 15) is 19.2 Å². The van der Waals surface area contributed by atoms with Gasteiger partial charge in [-0.2, -0.15) is 0 Å². The van der Waals surface area contributed by atoms with Crippen molar-refractivity contribution in [3.8, 4) is 11.5 Å². The summed E-state index contributed by atoms with van der Waals surface area (Å²) in [4.78, 5) is 55.0. The monoisotopic (exact) mass is 597 g/mol. The van der Waals surface area contributed by atoms with Gasteiger partial charge in [0.25, 0.3) is 0 Å². The minimum atomic E-state index is -1.14. The summed E-state index contributed by atoms with van der Waals surface area (Å²) in [6.45, 7) is 6.58. The molecule has 232 valence electrons. The van der Waals surface area contributed by atoms with Crippen LogP contribution in [-0.2, 0) is 44.5 Å². The lowest BCUT2D eigenvalue weighted by Gasteiger charge is -2.37. The fourth-order valence-corrected chi connectivity index (χ4v) is 6.76. The second kappa shape index (κ2) is 11.7. The number of rotatable bonds is 9. The number of esters is 4. The third kappa shape index (κ3) is 5.17. The highest BCUT2D eigenvalue weighted by atomic mass is 16.7. The topological polar surface area (TPSA) is 127 Å². The van der Waals surface area contributed by atoms with Crippen LogP contribution in [0, 0.1) is 11.3 Å². The van der Waals surface area contributed by atoms with Crippen LogP contribution in [0.2, 0.25) is 0 Å². The van der Waals surface area contributed by atoms with Crippen LogP contribution in [0.25, 0.3) is 5.57 Å². The molecule has 2 unspecified atom stereocenters. The number of fused-ring (bicyclic) bond motifs is 3. The van der Waals surface area contributed by atoms with Gasteiger partial charge in [0.2, 0.25) is 6.79 Å². The van der Waals surface area contributed by atoms with E-state index in [1.165, 1.54) is 21.3 Å². The van der Waals surface area contributed by atoms with Gasteiger partial charge in [-0.15, -0.1) is 0 Å². The zero-order valence-corrected chi connectivity index (χ0v) is 25.6. The van der Waals surface area contributed by atoms with E-state index in [2.05, 4.69) is 18.7 Å². The van der Waals surface area contributed by atoms with Gasteiger partial charge in [0.1, 0.15) is 5.76 Å². The molecule has 0 saturated carbocycles. The molecule has 0 bridgehead atoms. The van der Waals surface area contributed by atoms with E-state index in [-0.39, 0.29) is 30.9 Å². The van der Waals surface area contributed by atoms with Crippen molar-refractivity contribution in [3.63, 3.8) is 0 Å². The molecule has 3 aliphatic heterocycles. The molecule has 11 nitrogen and oxygen atoms in total. The Hall–Kier alpha value is -3.86. The van der Waals surface area contributed by atoms with Crippen LogP contribution in [-0.4, -0.2) is 75.5 Å². The average molecular weight is 598 g/mol. The summed E-state index contributed by atoms with van der Waals surface area (Å²) in [6, 6.07) is 3.78. The van der Waals surface area contributed by atoms with Gasteiger partial charge in [0.05, 0.1) is 49.9 Å². The molecule has 0 saturated heterocycles. The molecular weight excluding hydrogens is 558 g/mol. The summed E-state index contributed by atoms with van der Waals surface area (Å²) >= 11 is 0. The number of allylic oxidation sites excluding steroid dienone is 1. The number of carbonyl (C=O) groups excluding carboxylic acids is 4. The standard InChI is InChI=1S/C32H39NO10/c1-18(2)7-10-31(3,15-25(34)38-4)30(37)43-22-8-11-32-26(22)20-14-24-23(41-17-42-24)13-19(20)9-12-33(32)16-21(28(35)39-5)27(32)29(36)40-6/h13-14,18H,7-12,15-17H2,1-6H3. The molecule has 5 rings (SSSR count). The number of hydrogen-bond donors (Lipinski definition) is 0. The molecular formula is C32H39NO10. The molecule has 2 atom stereocenters. The Kier molecular flexibility index (Phi) is 8.30. The predicted octanol–water partition coefficient (Wildman–Crippen LogP) is 3.72. The maximum atomic E-state index is 14.0. The fourth-order valence-electron chi connectivity index (χ4n) is 6.76. The lowest BCUT2D eigenvalue weighted by Crippen LogP contribution is -2.47. The third-order valence-electron chi connectivity index (χ3n) is 9.09. The highest BCUT2D eigenvalue weighted by molar-refractivity contribution is 6.08. The van der Waals surface area contributed by atoms with Crippen molar-refractivity contribution in [3.05, 3.63) is 40.2 Å². The molecule has 0 amide bonds. The molecule has 1 aliphatic carbocycles. The average Bonchev–Trinajstić information content (AvgIpc) is 3.67. The normalized spacial score (nSPS) is 21.9. The van der Waals surface area contributed by atoms with Crippen LogP contribution >= 0.6 is 0 Å². The Morgan fingerprint density at radius 2 is 1.70 bits per heavy atom. The summed E-state index contributed by atoms with van der Waals surface area (Å²) in [5.74, 6) is -0.480. The Morgan fingerprint density at radius 1 is 1.00 bits per heavy atom. The van der Waals surface area contributed by atoms with E-state index in [1.807, 2.05) is 12.1 Å². The van der Waals surface area contributed by atoms with Gasteiger partial charge in [-0.1, -0.05) is 13.8 Å². The number of carbonyl (C=O) groups is 4. The molecule has 11 heteroatoms. The predicted molar refractivity (Wildman–Crippen MR) is 153 cm³/mol. The van der Waals surface area contributed by atoms with Crippen molar-refractivity contribution in [2.45, 2.75) is 64.8 Å². The Morgan fingerprint density at radius 3 is 2.35 bits per heavy atom. The first kappa shape index (κ1) is 30.6. The second-order valence-electron chi connectivity index (χ2n) is 12.2. The second-order valence-corrected chi connectivity index (χ2v) is 12.2. The van der Waals surface area contributed by atoms with Crippen molar-refractivity contribution >= 4 is 29.5 Å². The summed E-state index contributed by atoms with van der Waals surface area (Å²) in [6.07, 6.45) is 2.24. The highest BCUT2D eigenvalue weighted by Gasteiger charge is 2.59. The Balaban J connectivity index is 1.70. The van der Waals surface area contributed by atoms with Crippen LogP contribution in [0.15, 0.2) is 29.0 Å². The van der Waals surface area contributed by atoms with E-state index in [1.54, 1.807) is 6.92 Å². The lowest BCUT2D eigenvalue weighted by molar-refractivity contribution is -0.158. The Bertz CT molecular complexity index is 1430. The number of methoxy groups -OCH3 is 3. The van der Waals surface area contributed by atoms with E-state index in [4.69, 9.17) is 28.4 Å². The highest BCUT2D eigenvalue weighted by Crippen LogP contribution is 2.57. The first-order chi connectivity index (χ1) is 20.5. The van der Waals surface area contributed by atoms with Crippen LogP contribution in [0.1, 0.15) is 64.0 Å². The molecule has 0 fully saturated rings. The quantitative estimate of drug-likeness (QED) is 0.305. The zero-order valence-electron chi connectivity index (χ0n) is 25.6. The van der Waals surface area contributed by atoms with E-state index in [0.29, 0.717) is 67.4 Å². The summed E-state index contributed by atoms with van der Waals surface area (Å²) in [5.41, 5.74) is 0.441. The molecule has 0 aromatic heterocycles. The van der Waals surface area contributed by atoms with Gasteiger partial charge in [-0.05, 0) is 61.8 Å². The summed E-state index contributed by atoms with van der Waals surface area (Å²) < 4.78 is 32.9. The molecule has 1 spiro atoms. The molecule has 0 radical (unpaired) electrons. The van der Waals surface area contributed by atoms with Crippen molar-refractivity contribution in [2.75, 3.05) is 41.2 Å². The van der Waals surface area contributed by atoms with Crippen LogP contribution in [0.5, 0.6) is 11.5 Å². The van der Waals surface area contributed by atoms with Crippen molar-refractivity contribution in [1.29, 1.82) is 0 Å². The van der Waals surface area contributed by atoms with Crippen molar-refractivity contribution < 1.29 is 47.6 Å². The van der Waals surface area contributed by atoms with Gasteiger partial charge < -0.3 is 28.4 Å². The van der Waals surface area contributed by atoms with Gasteiger partial charge >= 0.3 is 23.9 Å².